The van der Waals surface area contributed by atoms with Crippen LogP contribution in [0.2, 0.25) is 0 Å². The highest BCUT2D eigenvalue weighted by molar-refractivity contribution is 6.03. The van der Waals surface area contributed by atoms with Crippen LogP contribution in [0.3, 0.4) is 0 Å². The Morgan fingerprint density at radius 3 is 2.53 bits per heavy atom. The van der Waals surface area contributed by atoms with E-state index in [0.29, 0.717) is 30.2 Å². The molecule has 200 valence electrons. The molecule has 0 spiro atoms. The van der Waals surface area contributed by atoms with Gasteiger partial charge in [-0.1, -0.05) is 12.1 Å². The van der Waals surface area contributed by atoms with Gasteiger partial charge < -0.3 is 25.4 Å². The number of para-hydroxylation sites is 2. The summed E-state index contributed by atoms with van der Waals surface area (Å²) < 4.78 is 13.0. The van der Waals surface area contributed by atoms with Crippen LogP contribution in [-0.2, 0) is 9.53 Å². The molecule has 38 heavy (non-hydrogen) atoms. The fourth-order valence-corrected chi connectivity index (χ4v) is 4.29. The van der Waals surface area contributed by atoms with E-state index in [1.807, 2.05) is 68.2 Å². The number of amides is 2. The van der Waals surface area contributed by atoms with Crippen molar-refractivity contribution in [3.05, 3.63) is 66.5 Å². The third-order valence-corrected chi connectivity index (χ3v) is 6.24. The summed E-state index contributed by atoms with van der Waals surface area (Å²) in [5, 5.41) is 7.40. The number of aromatic nitrogens is 2. The summed E-state index contributed by atoms with van der Waals surface area (Å²) >= 11 is 0. The maximum absolute atomic E-state index is 12.4. The Labute approximate surface area is 223 Å². The fourth-order valence-electron chi connectivity index (χ4n) is 4.29. The molecule has 0 saturated carbocycles. The van der Waals surface area contributed by atoms with E-state index in [4.69, 9.17) is 15.2 Å². The van der Waals surface area contributed by atoms with Gasteiger partial charge in [-0.05, 0) is 81.1 Å². The fraction of sp³-hybridized carbons (Fsp3) is 0.345. The second kappa shape index (κ2) is 11.4. The SMILES string of the molecule is COc1cc(/C=C/C(=O)Nc2ccccc2N)cc(-c2cnn(C3CCN(C(=O)OC(C)(C)C)CC3)c2)c1. The highest BCUT2D eigenvalue weighted by Crippen LogP contribution is 2.29. The van der Waals surface area contributed by atoms with Crippen molar-refractivity contribution < 1.29 is 19.1 Å². The van der Waals surface area contributed by atoms with Crippen LogP contribution in [0.4, 0.5) is 16.2 Å². The van der Waals surface area contributed by atoms with Crippen molar-refractivity contribution in [3.63, 3.8) is 0 Å². The van der Waals surface area contributed by atoms with E-state index >= 15 is 0 Å². The third kappa shape index (κ3) is 6.94. The highest BCUT2D eigenvalue weighted by atomic mass is 16.6. The number of nitrogens with two attached hydrogens (primary N) is 1. The number of likely N-dealkylation sites (tertiary alicyclic amines) is 1. The first-order valence-corrected chi connectivity index (χ1v) is 12.7. The zero-order chi connectivity index (χ0) is 27.3. The smallest absolute Gasteiger partial charge is 0.410 e. The minimum absolute atomic E-state index is 0.196. The number of nitrogen functional groups attached to an aromatic ring is 1. The van der Waals surface area contributed by atoms with E-state index in [1.54, 1.807) is 30.2 Å². The van der Waals surface area contributed by atoms with Gasteiger partial charge in [0.25, 0.3) is 0 Å². The summed E-state index contributed by atoms with van der Waals surface area (Å²) in [5.74, 6) is 0.395. The molecule has 0 radical (unpaired) electrons. The molecule has 0 unspecified atom stereocenters. The number of ether oxygens (including phenoxy) is 2. The second-order valence-electron chi connectivity index (χ2n) is 10.3. The van der Waals surface area contributed by atoms with Crippen molar-refractivity contribution in [2.45, 2.75) is 45.3 Å². The lowest BCUT2D eigenvalue weighted by Crippen LogP contribution is -2.42. The summed E-state index contributed by atoms with van der Waals surface area (Å²) in [4.78, 5) is 26.6. The van der Waals surface area contributed by atoms with Crippen molar-refractivity contribution >= 4 is 29.5 Å². The van der Waals surface area contributed by atoms with Crippen molar-refractivity contribution in [1.82, 2.24) is 14.7 Å². The van der Waals surface area contributed by atoms with Gasteiger partial charge in [-0.3, -0.25) is 9.48 Å². The standard InChI is InChI=1S/C29H35N5O4/c1-29(2,3)38-28(36)33-13-11-23(12-14-33)34-19-22(18-31-34)21-15-20(16-24(17-21)37-4)9-10-27(35)32-26-8-6-5-7-25(26)30/h5-10,15-19,23H,11-14,30H2,1-4H3,(H,32,35)/b10-9+. The molecule has 1 aromatic heterocycles. The molecule has 3 aromatic rings. The van der Waals surface area contributed by atoms with E-state index < -0.39 is 5.60 Å². The van der Waals surface area contributed by atoms with Crippen LogP contribution >= 0.6 is 0 Å². The molecule has 2 amide bonds. The van der Waals surface area contributed by atoms with E-state index in [9.17, 15) is 9.59 Å². The molecular weight excluding hydrogens is 482 g/mol. The van der Waals surface area contributed by atoms with Gasteiger partial charge in [-0.15, -0.1) is 0 Å². The van der Waals surface area contributed by atoms with Crippen LogP contribution in [0.1, 0.15) is 45.2 Å². The molecular formula is C29H35N5O4. The van der Waals surface area contributed by atoms with E-state index in [0.717, 1.165) is 29.5 Å². The van der Waals surface area contributed by atoms with Crippen LogP contribution in [-0.4, -0.2) is 52.5 Å². The minimum atomic E-state index is -0.505. The molecule has 2 aromatic carbocycles. The Morgan fingerprint density at radius 2 is 1.84 bits per heavy atom. The summed E-state index contributed by atoms with van der Waals surface area (Å²) in [6.07, 6.45) is 8.37. The van der Waals surface area contributed by atoms with E-state index in [1.165, 1.54) is 6.08 Å². The zero-order valence-corrected chi connectivity index (χ0v) is 22.3. The summed E-state index contributed by atoms with van der Waals surface area (Å²) in [5.41, 5.74) is 9.16. The molecule has 1 fully saturated rings. The molecule has 1 aliphatic rings. The first kappa shape index (κ1) is 26.8. The van der Waals surface area contributed by atoms with Gasteiger partial charge in [0, 0.05) is 30.9 Å². The van der Waals surface area contributed by atoms with Crippen molar-refractivity contribution in [2.75, 3.05) is 31.2 Å². The van der Waals surface area contributed by atoms with E-state index in [2.05, 4.69) is 10.4 Å². The number of nitrogens with one attached hydrogen (secondary N) is 1. The van der Waals surface area contributed by atoms with Crippen LogP contribution < -0.4 is 15.8 Å². The number of carbonyl (C=O) groups excluding carboxylic acids is 2. The van der Waals surface area contributed by atoms with Gasteiger partial charge in [0.15, 0.2) is 0 Å². The number of anilines is 2. The molecule has 9 nitrogen and oxygen atoms in total. The molecule has 3 N–H and O–H groups in total. The van der Waals surface area contributed by atoms with Crippen molar-refractivity contribution in [2.24, 2.45) is 0 Å². The number of piperidine rings is 1. The highest BCUT2D eigenvalue weighted by Gasteiger charge is 2.28. The van der Waals surface area contributed by atoms with Gasteiger partial charge >= 0.3 is 6.09 Å². The van der Waals surface area contributed by atoms with Crippen LogP contribution in [0.15, 0.2) is 60.9 Å². The zero-order valence-electron chi connectivity index (χ0n) is 22.3. The van der Waals surface area contributed by atoms with Crippen LogP contribution in [0, 0.1) is 0 Å². The molecule has 1 aliphatic heterocycles. The average molecular weight is 518 g/mol. The lowest BCUT2D eigenvalue weighted by molar-refractivity contribution is -0.111. The second-order valence-corrected chi connectivity index (χ2v) is 10.3. The summed E-state index contributed by atoms with van der Waals surface area (Å²) in [6, 6.07) is 13.1. The lowest BCUT2D eigenvalue weighted by Gasteiger charge is -2.33. The van der Waals surface area contributed by atoms with Gasteiger partial charge in [-0.2, -0.15) is 5.10 Å². The first-order valence-electron chi connectivity index (χ1n) is 12.7. The average Bonchev–Trinajstić information content (AvgIpc) is 3.38. The minimum Gasteiger partial charge on any atom is -0.497 e. The van der Waals surface area contributed by atoms with Crippen molar-refractivity contribution in [3.8, 4) is 16.9 Å². The number of carbonyl (C=O) groups is 2. The Bertz CT molecular complexity index is 1320. The molecule has 9 heteroatoms. The molecule has 0 aliphatic carbocycles. The van der Waals surface area contributed by atoms with Gasteiger partial charge in [-0.25, -0.2) is 4.79 Å². The van der Waals surface area contributed by atoms with Crippen molar-refractivity contribution in [1.29, 1.82) is 0 Å². The van der Waals surface area contributed by atoms with Crippen LogP contribution in [0.25, 0.3) is 17.2 Å². The Kier molecular flexibility index (Phi) is 8.05. The number of benzene rings is 2. The molecule has 0 atom stereocenters. The maximum atomic E-state index is 12.4. The normalized spacial score (nSPS) is 14.5. The Balaban J connectivity index is 1.43. The molecule has 0 bridgehead atoms. The lowest BCUT2D eigenvalue weighted by atomic mass is 10.0. The topological polar surface area (TPSA) is 112 Å². The van der Waals surface area contributed by atoms with Gasteiger partial charge in [0.2, 0.25) is 5.91 Å². The molecule has 1 saturated heterocycles. The summed E-state index contributed by atoms with van der Waals surface area (Å²) in [7, 11) is 1.61. The number of nitrogens with zero attached hydrogens (tertiary/aromatic N) is 3. The van der Waals surface area contributed by atoms with Crippen LogP contribution in [0.5, 0.6) is 5.75 Å². The maximum Gasteiger partial charge on any atom is 0.410 e. The number of methoxy groups -OCH3 is 1. The monoisotopic (exact) mass is 517 g/mol. The first-order chi connectivity index (χ1) is 18.1. The predicted molar refractivity (Wildman–Crippen MR) is 149 cm³/mol. The number of hydrogen-bond acceptors (Lipinski definition) is 6. The van der Waals surface area contributed by atoms with E-state index in [-0.39, 0.29) is 18.0 Å². The Hall–Kier alpha value is -4.27. The van der Waals surface area contributed by atoms with Gasteiger partial charge in [0.05, 0.1) is 30.7 Å². The Morgan fingerprint density at radius 1 is 1.11 bits per heavy atom. The number of hydrogen-bond donors (Lipinski definition) is 2. The number of rotatable bonds is 6. The summed E-state index contributed by atoms with van der Waals surface area (Å²) in [6.45, 7) is 6.87. The molecule has 4 rings (SSSR count). The van der Waals surface area contributed by atoms with Gasteiger partial charge in [0.1, 0.15) is 11.4 Å². The largest absolute Gasteiger partial charge is 0.497 e. The molecule has 2 heterocycles. The third-order valence-electron chi connectivity index (χ3n) is 6.24. The quantitative estimate of drug-likeness (QED) is 0.336. The predicted octanol–water partition coefficient (Wildman–Crippen LogP) is 5.36.